The van der Waals surface area contributed by atoms with E-state index >= 15 is 0 Å². The molecule has 0 amide bonds. The Morgan fingerprint density at radius 1 is 0.786 bits per heavy atom. The molecule has 0 radical (unpaired) electrons. The van der Waals surface area contributed by atoms with E-state index in [1.54, 1.807) is 0 Å². The van der Waals surface area contributed by atoms with Gasteiger partial charge in [0.2, 0.25) is 0 Å². The maximum Gasteiger partial charge on any atom is 0.0180 e. The molecule has 0 saturated heterocycles. The largest absolute Gasteiger partial charge is 0.326 e. The highest BCUT2D eigenvalue weighted by molar-refractivity contribution is 5.38. The molecule has 0 aromatic heterocycles. The van der Waals surface area contributed by atoms with Gasteiger partial charge in [-0.15, -0.1) is 0 Å². The molecule has 1 aromatic carbocycles. The smallest absolute Gasteiger partial charge is 0.0180 e. The summed E-state index contributed by atoms with van der Waals surface area (Å²) in [5, 5.41) is 0. The number of hydrogen-bond donors (Lipinski definition) is 2. The SMILES string of the molecule is CCc1cc(CN)c(CC)cc1CN. The predicted molar refractivity (Wildman–Crippen MR) is 61.0 cm³/mol. The highest BCUT2D eigenvalue weighted by Gasteiger charge is 2.05. The third-order valence-electron chi connectivity index (χ3n) is 2.72. The van der Waals surface area contributed by atoms with Crippen LogP contribution in [0.2, 0.25) is 0 Å². The summed E-state index contributed by atoms with van der Waals surface area (Å²) in [6.45, 7) is 5.56. The molecular formula is C12H20N2. The zero-order chi connectivity index (χ0) is 10.6. The molecule has 0 aliphatic heterocycles. The highest BCUT2D eigenvalue weighted by atomic mass is 14.5. The molecule has 0 unspecified atom stereocenters. The summed E-state index contributed by atoms with van der Waals surface area (Å²) in [5.41, 5.74) is 16.6. The lowest BCUT2D eigenvalue weighted by Gasteiger charge is -2.12. The Labute approximate surface area is 86.3 Å². The van der Waals surface area contributed by atoms with Crippen LogP contribution < -0.4 is 11.5 Å². The minimum atomic E-state index is 0.626. The molecule has 14 heavy (non-hydrogen) atoms. The minimum Gasteiger partial charge on any atom is -0.326 e. The quantitative estimate of drug-likeness (QED) is 0.763. The first-order valence-corrected chi connectivity index (χ1v) is 5.30. The third kappa shape index (κ3) is 2.14. The first-order valence-electron chi connectivity index (χ1n) is 5.30. The van der Waals surface area contributed by atoms with Crippen LogP contribution in [-0.4, -0.2) is 0 Å². The van der Waals surface area contributed by atoms with Gasteiger partial charge in [0, 0.05) is 13.1 Å². The first kappa shape index (κ1) is 11.2. The maximum atomic E-state index is 5.71. The lowest BCUT2D eigenvalue weighted by atomic mass is 9.95. The van der Waals surface area contributed by atoms with E-state index in [2.05, 4.69) is 26.0 Å². The Kier molecular flexibility index (Phi) is 4.11. The van der Waals surface area contributed by atoms with Crippen molar-refractivity contribution in [1.29, 1.82) is 0 Å². The molecule has 0 heterocycles. The van der Waals surface area contributed by atoms with Crippen molar-refractivity contribution in [1.82, 2.24) is 0 Å². The predicted octanol–water partition coefficient (Wildman–Crippen LogP) is 1.73. The van der Waals surface area contributed by atoms with E-state index in [0.29, 0.717) is 13.1 Å². The van der Waals surface area contributed by atoms with E-state index in [0.717, 1.165) is 12.8 Å². The van der Waals surface area contributed by atoms with Crippen LogP contribution in [0, 0.1) is 0 Å². The molecule has 78 valence electrons. The van der Waals surface area contributed by atoms with Crippen LogP contribution in [0.3, 0.4) is 0 Å². The minimum absolute atomic E-state index is 0.626. The van der Waals surface area contributed by atoms with E-state index in [1.165, 1.54) is 22.3 Å². The Balaban J connectivity index is 3.20. The molecule has 0 bridgehead atoms. The fourth-order valence-corrected chi connectivity index (χ4v) is 1.83. The second-order valence-electron chi connectivity index (χ2n) is 3.50. The number of hydrogen-bond acceptors (Lipinski definition) is 2. The van der Waals surface area contributed by atoms with Gasteiger partial charge in [0.25, 0.3) is 0 Å². The van der Waals surface area contributed by atoms with E-state index in [-0.39, 0.29) is 0 Å². The zero-order valence-corrected chi connectivity index (χ0v) is 9.14. The topological polar surface area (TPSA) is 52.0 Å². The van der Waals surface area contributed by atoms with Crippen molar-refractivity contribution in [3.05, 3.63) is 34.4 Å². The number of aryl methyl sites for hydroxylation is 2. The molecule has 0 spiro atoms. The summed E-state index contributed by atoms with van der Waals surface area (Å²) >= 11 is 0. The second-order valence-corrected chi connectivity index (χ2v) is 3.50. The Morgan fingerprint density at radius 2 is 1.14 bits per heavy atom. The summed E-state index contributed by atoms with van der Waals surface area (Å²) in [6, 6.07) is 4.42. The second kappa shape index (κ2) is 5.13. The molecule has 0 aliphatic rings. The Hall–Kier alpha value is -0.860. The van der Waals surface area contributed by atoms with Crippen LogP contribution in [0.5, 0.6) is 0 Å². The third-order valence-corrected chi connectivity index (χ3v) is 2.72. The van der Waals surface area contributed by atoms with Crippen LogP contribution in [0.1, 0.15) is 36.1 Å². The molecule has 0 fully saturated rings. The van der Waals surface area contributed by atoms with Crippen molar-refractivity contribution in [3.63, 3.8) is 0 Å². The summed E-state index contributed by atoms with van der Waals surface area (Å²) in [5.74, 6) is 0. The first-order chi connectivity index (χ1) is 6.76. The van der Waals surface area contributed by atoms with E-state index < -0.39 is 0 Å². The normalized spacial score (nSPS) is 10.6. The Morgan fingerprint density at radius 3 is 1.36 bits per heavy atom. The van der Waals surface area contributed by atoms with E-state index in [4.69, 9.17) is 11.5 Å². The molecule has 1 aromatic rings. The summed E-state index contributed by atoms with van der Waals surface area (Å²) in [6.07, 6.45) is 2.06. The molecule has 0 saturated carbocycles. The van der Waals surface area contributed by atoms with Gasteiger partial charge in [-0.1, -0.05) is 26.0 Å². The van der Waals surface area contributed by atoms with Gasteiger partial charge in [-0.3, -0.25) is 0 Å². The summed E-state index contributed by atoms with van der Waals surface area (Å²) in [7, 11) is 0. The van der Waals surface area contributed by atoms with Crippen molar-refractivity contribution in [3.8, 4) is 0 Å². The maximum absolute atomic E-state index is 5.71. The van der Waals surface area contributed by atoms with Gasteiger partial charge < -0.3 is 11.5 Å². The van der Waals surface area contributed by atoms with Gasteiger partial charge in [0.1, 0.15) is 0 Å². The summed E-state index contributed by atoms with van der Waals surface area (Å²) < 4.78 is 0. The van der Waals surface area contributed by atoms with Gasteiger partial charge in [-0.05, 0) is 35.1 Å². The average Bonchev–Trinajstić information content (AvgIpc) is 2.26. The fraction of sp³-hybridized carbons (Fsp3) is 0.500. The van der Waals surface area contributed by atoms with Gasteiger partial charge in [-0.2, -0.15) is 0 Å². The van der Waals surface area contributed by atoms with Crippen molar-refractivity contribution in [2.45, 2.75) is 39.8 Å². The van der Waals surface area contributed by atoms with Gasteiger partial charge in [0.05, 0.1) is 0 Å². The molecule has 2 nitrogen and oxygen atoms in total. The van der Waals surface area contributed by atoms with Crippen molar-refractivity contribution in [2.24, 2.45) is 11.5 Å². The number of benzene rings is 1. The van der Waals surface area contributed by atoms with Crippen LogP contribution in [-0.2, 0) is 25.9 Å². The number of rotatable bonds is 4. The van der Waals surface area contributed by atoms with Crippen molar-refractivity contribution < 1.29 is 0 Å². The monoisotopic (exact) mass is 192 g/mol. The van der Waals surface area contributed by atoms with Crippen LogP contribution in [0.15, 0.2) is 12.1 Å². The van der Waals surface area contributed by atoms with E-state index in [1.807, 2.05) is 0 Å². The highest BCUT2D eigenvalue weighted by Crippen LogP contribution is 2.18. The zero-order valence-electron chi connectivity index (χ0n) is 9.14. The van der Waals surface area contributed by atoms with Gasteiger partial charge >= 0.3 is 0 Å². The fourth-order valence-electron chi connectivity index (χ4n) is 1.83. The van der Waals surface area contributed by atoms with Crippen LogP contribution in [0.4, 0.5) is 0 Å². The van der Waals surface area contributed by atoms with Crippen molar-refractivity contribution >= 4 is 0 Å². The molecule has 4 N–H and O–H groups in total. The summed E-state index contributed by atoms with van der Waals surface area (Å²) in [4.78, 5) is 0. The molecule has 2 heteroatoms. The standard InChI is InChI=1S/C12H20N2/c1-3-9-5-12(8-14)10(4-2)6-11(9)7-13/h5-6H,3-4,7-8,13-14H2,1-2H3. The molecular weight excluding hydrogens is 172 g/mol. The molecule has 0 atom stereocenters. The lowest BCUT2D eigenvalue weighted by Crippen LogP contribution is -2.07. The molecule has 0 aliphatic carbocycles. The van der Waals surface area contributed by atoms with Crippen LogP contribution in [0.25, 0.3) is 0 Å². The Bertz CT molecular complexity index is 247. The number of nitrogens with two attached hydrogens (primary N) is 2. The van der Waals surface area contributed by atoms with E-state index in [9.17, 15) is 0 Å². The average molecular weight is 192 g/mol. The molecule has 1 rings (SSSR count). The lowest BCUT2D eigenvalue weighted by molar-refractivity contribution is 0.945. The van der Waals surface area contributed by atoms with Crippen molar-refractivity contribution in [2.75, 3.05) is 0 Å². The van der Waals surface area contributed by atoms with Gasteiger partial charge in [-0.25, -0.2) is 0 Å². The van der Waals surface area contributed by atoms with Gasteiger partial charge in [0.15, 0.2) is 0 Å². The van der Waals surface area contributed by atoms with Crippen LogP contribution >= 0.6 is 0 Å².